The summed E-state index contributed by atoms with van der Waals surface area (Å²) < 4.78 is 0. The molecule has 0 saturated carbocycles. The maximum atomic E-state index is 13.6. The third-order valence-electron chi connectivity index (χ3n) is 5.77. The lowest BCUT2D eigenvalue weighted by molar-refractivity contribution is -0.134. The molecule has 0 radical (unpaired) electrons. The van der Waals surface area contributed by atoms with Crippen molar-refractivity contribution in [2.45, 2.75) is 38.4 Å². The second-order valence-electron chi connectivity index (χ2n) is 7.33. The van der Waals surface area contributed by atoms with Gasteiger partial charge in [-0.1, -0.05) is 41.9 Å². The minimum absolute atomic E-state index is 0.163. The van der Waals surface area contributed by atoms with E-state index < -0.39 is 5.66 Å². The monoisotopic (exact) mass is 411 g/mol. The number of nitrogens with one attached hydrogen (secondary N) is 1. The molecule has 2 aliphatic heterocycles. The van der Waals surface area contributed by atoms with Gasteiger partial charge in [0.25, 0.3) is 11.8 Å². The largest absolute Gasteiger partial charge is 0.346 e. The van der Waals surface area contributed by atoms with Crippen molar-refractivity contribution < 1.29 is 14.4 Å². The third kappa shape index (κ3) is 2.82. The summed E-state index contributed by atoms with van der Waals surface area (Å²) in [7, 11) is 0. The Kier molecular flexibility index (Phi) is 4.82. The van der Waals surface area contributed by atoms with Gasteiger partial charge in [0.2, 0.25) is 11.6 Å². The highest BCUT2D eigenvalue weighted by Gasteiger charge is 2.60. The summed E-state index contributed by atoms with van der Waals surface area (Å²) in [6.45, 7) is 3.97. The van der Waals surface area contributed by atoms with Crippen molar-refractivity contribution in [3.05, 3.63) is 64.7 Å². The Morgan fingerprint density at radius 3 is 2.59 bits per heavy atom. The molecule has 0 bridgehead atoms. The molecule has 3 amide bonds. The van der Waals surface area contributed by atoms with Crippen LogP contribution in [0.5, 0.6) is 0 Å². The second kappa shape index (κ2) is 7.19. The van der Waals surface area contributed by atoms with E-state index in [2.05, 4.69) is 5.32 Å². The van der Waals surface area contributed by atoms with E-state index in [9.17, 15) is 14.4 Å². The molecule has 2 unspecified atom stereocenters. The van der Waals surface area contributed by atoms with E-state index >= 15 is 0 Å². The summed E-state index contributed by atoms with van der Waals surface area (Å²) in [4.78, 5) is 42.7. The van der Waals surface area contributed by atoms with Crippen LogP contribution in [0, 0.1) is 0 Å². The zero-order chi connectivity index (χ0) is 20.8. The first-order valence-electron chi connectivity index (χ1n) is 9.71. The predicted octanol–water partition coefficient (Wildman–Crippen LogP) is 3.52. The number of fused-ring (bicyclic) bond motifs is 3. The van der Waals surface area contributed by atoms with Crippen molar-refractivity contribution in [1.29, 1.82) is 0 Å². The lowest BCUT2D eigenvalue weighted by Crippen LogP contribution is -2.70. The summed E-state index contributed by atoms with van der Waals surface area (Å²) in [6.07, 6.45) is 0.451. The van der Waals surface area contributed by atoms with E-state index in [4.69, 9.17) is 11.6 Å². The Balaban J connectivity index is 1.77. The van der Waals surface area contributed by atoms with Crippen LogP contribution in [0.25, 0.3) is 0 Å². The van der Waals surface area contributed by atoms with E-state index in [1.165, 1.54) is 9.80 Å². The summed E-state index contributed by atoms with van der Waals surface area (Å²) in [6, 6.07) is 13.9. The Hall–Kier alpha value is -2.86. The number of hydrogen-bond donors (Lipinski definition) is 1. The van der Waals surface area contributed by atoms with Crippen molar-refractivity contribution in [3.8, 4) is 0 Å². The van der Waals surface area contributed by atoms with Gasteiger partial charge in [-0.15, -0.1) is 0 Å². The van der Waals surface area contributed by atoms with E-state index in [0.717, 1.165) is 5.56 Å². The molecule has 0 aromatic heterocycles. The normalized spacial score (nSPS) is 21.6. The van der Waals surface area contributed by atoms with Crippen LogP contribution in [-0.4, -0.2) is 34.8 Å². The van der Waals surface area contributed by atoms with Gasteiger partial charge in [0.15, 0.2) is 0 Å². The van der Waals surface area contributed by atoms with Gasteiger partial charge in [-0.2, -0.15) is 0 Å². The molecular weight excluding hydrogens is 390 g/mol. The van der Waals surface area contributed by atoms with Crippen molar-refractivity contribution in [1.82, 2.24) is 10.2 Å². The minimum atomic E-state index is -1.37. The molecule has 6 nitrogen and oxygen atoms in total. The van der Waals surface area contributed by atoms with Crippen LogP contribution in [-0.2, 0) is 9.59 Å². The van der Waals surface area contributed by atoms with Crippen molar-refractivity contribution in [2.24, 2.45) is 0 Å². The molecule has 0 aliphatic carbocycles. The number of carbonyl (C=O) groups excluding carboxylic acids is 3. The number of halogens is 1. The van der Waals surface area contributed by atoms with Crippen LogP contribution >= 0.6 is 11.6 Å². The molecule has 1 saturated heterocycles. The van der Waals surface area contributed by atoms with E-state index in [-0.39, 0.29) is 36.6 Å². The van der Waals surface area contributed by atoms with E-state index in [1.807, 2.05) is 32.0 Å². The first-order valence-corrected chi connectivity index (χ1v) is 10.1. The lowest BCUT2D eigenvalue weighted by Gasteiger charge is -2.49. The topological polar surface area (TPSA) is 69.7 Å². The Labute approximate surface area is 174 Å². The van der Waals surface area contributed by atoms with Gasteiger partial charge in [0.1, 0.15) is 0 Å². The number of nitrogens with zero attached hydrogens (tertiary/aromatic N) is 2. The Morgan fingerprint density at radius 2 is 1.86 bits per heavy atom. The van der Waals surface area contributed by atoms with Gasteiger partial charge in [0, 0.05) is 24.4 Å². The standard InChI is InChI=1S/C22H22ClN3O3/c1-3-25-20(28)16-9-5-7-11-18(16)26-19(27)12-13-22(25,26)21(29)24-14(2)15-8-4-6-10-17(15)23/h4-11,14H,3,12-13H2,1-2H3,(H,24,29). The number of likely N-dealkylation sites (N-methyl/N-ethyl adjacent to an activating group) is 1. The molecule has 2 aliphatic rings. The Morgan fingerprint density at radius 1 is 1.17 bits per heavy atom. The van der Waals surface area contributed by atoms with Gasteiger partial charge in [-0.3, -0.25) is 19.3 Å². The molecule has 7 heteroatoms. The van der Waals surface area contributed by atoms with Crippen LogP contribution < -0.4 is 10.2 Å². The zero-order valence-electron chi connectivity index (χ0n) is 16.3. The molecule has 150 valence electrons. The molecular formula is C22H22ClN3O3. The van der Waals surface area contributed by atoms with Crippen LogP contribution in [0.3, 0.4) is 0 Å². The maximum absolute atomic E-state index is 13.6. The quantitative estimate of drug-likeness (QED) is 0.836. The zero-order valence-corrected chi connectivity index (χ0v) is 17.1. The number of amides is 3. The maximum Gasteiger partial charge on any atom is 0.267 e. The van der Waals surface area contributed by atoms with Crippen LogP contribution in [0.15, 0.2) is 48.5 Å². The van der Waals surface area contributed by atoms with Gasteiger partial charge in [-0.25, -0.2) is 0 Å². The molecule has 2 atom stereocenters. The molecule has 2 aromatic rings. The van der Waals surface area contributed by atoms with E-state index in [0.29, 0.717) is 22.8 Å². The molecule has 2 aromatic carbocycles. The number of carbonyl (C=O) groups is 3. The van der Waals surface area contributed by atoms with Crippen LogP contribution in [0.1, 0.15) is 48.7 Å². The number of para-hydroxylation sites is 1. The molecule has 2 heterocycles. The highest BCUT2D eigenvalue weighted by molar-refractivity contribution is 6.31. The highest BCUT2D eigenvalue weighted by Crippen LogP contribution is 2.44. The molecule has 1 N–H and O–H groups in total. The summed E-state index contributed by atoms with van der Waals surface area (Å²) in [5.41, 5.74) is 0.338. The minimum Gasteiger partial charge on any atom is -0.346 e. The molecule has 29 heavy (non-hydrogen) atoms. The van der Waals surface area contributed by atoms with Gasteiger partial charge < -0.3 is 10.2 Å². The smallest absolute Gasteiger partial charge is 0.267 e. The summed E-state index contributed by atoms with van der Waals surface area (Å²) >= 11 is 6.29. The fraction of sp³-hybridized carbons (Fsp3) is 0.318. The van der Waals surface area contributed by atoms with Gasteiger partial charge in [0.05, 0.1) is 17.3 Å². The second-order valence-corrected chi connectivity index (χ2v) is 7.74. The van der Waals surface area contributed by atoms with Crippen LogP contribution in [0.4, 0.5) is 5.69 Å². The molecule has 4 rings (SSSR count). The van der Waals surface area contributed by atoms with Crippen molar-refractivity contribution >= 4 is 35.0 Å². The SMILES string of the molecule is CCN1C(=O)c2ccccc2N2C(=O)CCC12C(=O)NC(C)c1ccccc1Cl. The number of rotatable bonds is 4. The fourth-order valence-electron chi connectivity index (χ4n) is 4.42. The summed E-state index contributed by atoms with van der Waals surface area (Å²) in [5, 5.41) is 3.54. The van der Waals surface area contributed by atoms with Crippen molar-refractivity contribution in [2.75, 3.05) is 11.4 Å². The average Bonchev–Trinajstić information content (AvgIpc) is 3.07. The molecule has 1 fully saturated rings. The third-order valence-corrected chi connectivity index (χ3v) is 6.12. The van der Waals surface area contributed by atoms with Crippen LogP contribution in [0.2, 0.25) is 5.02 Å². The first kappa shape index (κ1) is 19.5. The fourth-order valence-corrected chi connectivity index (χ4v) is 4.72. The number of hydrogen-bond acceptors (Lipinski definition) is 3. The molecule has 0 spiro atoms. The van der Waals surface area contributed by atoms with E-state index in [1.54, 1.807) is 30.3 Å². The summed E-state index contributed by atoms with van der Waals surface area (Å²) in [5.74, 6) is -0.779. The lowest BCUT2D eigenvalue weighted by atomic mass is 9.95. The van der Waals surface area contributed by atoms with Gasteiger partial charge >= 0.3 is 0 Å². The van der Waals surface area contributed by atoms with Gasteiger partial charge in [-0.05, 0) is 37.6 Å². The predicted molar refractivity (Wildman–Crippen MR) is 111 cm³/mol. The Bertz CT molecular complexity index is 1010. The van der Waals surface area contributed by atoms with Crippen molar-refractivity contribution in [3.63, 3.8) is 0 Å². The first-order chi connectivity index (χ1) is 13.9. The average molecular weight is 412 g/mol. The highest BCUT2D eigenvalue weighted by atomic mass is 35.5. The number of benzene rings is 2. The number of anilines is 1.